The van der Waals surface area contributed by atoms with Crippen molar-refractivity contribution in [1.82, 2.24) is 9.32 Å². The zero-order valence-electron chi connectivity index (χ0n) is 5.26. The lowest BCUT2D eigenvalue weighted by Crippen LogP contribution is -2.52. The van der Waals surface area contributed by atoms with Crippen molar-refractivity contribution in [3.05, 3.63) is 0 Å². The van der Waals surface area contributed by atoms with Crippen molar-refractivity contribution in [2.75, 3.05) is 27.2 Å². The largest absolute Gasteiger partial charge is 0.304 e. The molecule has 1 fully saturated rings. The third-order valence-electron chi connectivity index (χ3n) is 1.55. The summed E-state index contributed by atoms with van der Waals surface area (Å²) in [7, 11) is 4.16. The van der Waals surface area contributed by atoms with Crippen LogP contribution in [0.5, 0.6) is 0 Å². The van der Waals surface area contributed by atoms with Gasteiger partial charge in [0.2, 0.25) is 0 Å². The highest BCUT2D eigenvalue weighted by molar-refractivity contribution is 6.13. The summed E-state index contributed by atoms with van der Waals surface area (Å²) in [6.45, 7) is 2.02. The molecular weight excluding hydrogens is 124 g/mol. The van der Waals surface area contributed by atoms with Gasteiger partial charge in [0, 0.05) is 19.1 Å². The third kappa shape index (κ3) is 1.13. The Morgan fingerprint density at radius 3 is 2.12 bits per heavy atom. The minimum atomic E-state index is 0.687. The van der Waals surface area contributed by atoms with Gasteiger partial charge in [-0.25, -0.2) is 4.42 Å². The predicted molar refractivity (Wildman–Crippen MR) is 34.9 cm³/mol. The number of halogens is 1. The molecule has 1 heterocycles. The Kier molecular flexibility index (Phi) is 1.75. The number of likely N-dealkylation sites (N-methyl/N-ethyl adjacent to an activating group) is 1. The van der Waals surface area contributed by atoms with E-state index in [-0.39, 0.29) is 0 Å². The topological polar surface area (TPSA) is 6.48 Å². The Balaban J connectivity index is 2.15. The summed E-state index contributed by atoms with van der Waals surface area (Å²) < 4.78 is 1.80. The van der Waals surface area contributed by atoms with Crippen LogP contribution in [0.4, 0.5) is 0 Å². The second-order valence-corrected chi connectivity index (χ2v) is 2.92. The first kappa shape index (κ1) is 6.33. The highest BCUT2D eigenvalue weighted by Crippen LogP contribution is 2.13. The van der Waals surface area contributed by atoms with Crippen molar-refractivity contribution in [1.29, 1.82) is 0 Å². The van der Waals surface area contributed by atoms with Crippen molar-refractivity contribution >= 4 is 11.8 Å². The average molecular weight is 135 g/mol. The second kappa shape index (κ2) is 2.21. The maximum Gasteiger partial charge on any atom is 0.0370 e. The number of hydrogen-bond donors (Lipinski definition) is 0. The van der Waals surface area contributed by atoms with E-state index < -0.39 is 0 Å². The van der Waals surface area contributed by atoms with Crippen LogP contribution in [0.2, 0.25) is 0 Å². The molecule has 0 amide bonds. The fraction of sp³-hybridized carbons (Fsp3) is 1.00. The van der Waals surface area contributed by atoms with Crippen LogP contribution in [-0.2, 0) is 0 Å². The van der Waals surface area contributed by atoms with Crippen LogP contribution in [0.15, 0.2) is 0 Å². The van der Waals surface area contributed by atoms with Gasteiger partial charge in [-0.2, -0.15) is 0 Å². The lowest BCUT2D eigenvalue weighted by atomic mass is 10.2. The van der Waals surface area contributed by atoms with Crippen LogP contribution in [0.3, 0.4) is 0 Å². The van der Waals surface area contributed by atoms with E-state index in [2.05, 4.69) is 19.0 Å². The summed E-state index contributed by atoms with van der Waals surface area (Å²) in [6.07, 6.45) is 0. The molecule has 1 aliphatic heterocycles. The molecule has 1 saturated heterocycles. The van der Waals surface area contributed by atoms with Crippen LogP contribution in [0.25, 0.3) is 0 Å². The molecule has 48 valence electrons. The molecule has 0 unspecified atom stereocenters. The zero-order chi connectivity index (χ0) is 6.15. The number of hydrogen-bond acceptors (Lipinski definition) is 2. The maximum atomic E-state index is 5.59. The Labute approximate surface area is 55.1 Å². The smallest absolute Gasteiger partial charge is 0.0370 e. The molecule has 0 aliphatic carbocycles. The molecule has 0 saturated carbocycles. The summed E-state index contributed by atoms with van der Waals surface area (Å²) in [5.41, 5.74) is 0. The minimum Gasteiger partial charge on any atom is -0.304 e. The van der Waals surface area contributed by atoms with Gasteiger partial charge >= 0.3 is 0 Å². The van der Waals surface area contributed by atoms with E-state index in [0.717, 1.165) is 13.1 Å². The molecule has 2 nitrogen and oxygen atoms in total. The van der Waals surface area contributed by atoms with Crippen molar-refractivity contribution in [3.63, 3.8) is 0 Å². The summed E-state index contributed by atoms with van der Waals surface area (Å²) in [5.74, 6) is 0. The molecule has 0 aromatic heterocycles. The average Bonchev–Trinajstić information content (AvgIpc) is 1.57. The van der Waals surface area contributed by atoms with E-state index in [4.69, 9.17) is 11.8 Å². The lowest BCUT2D eigenvalue weighted by molar-refractivity contribution is 0.137. The highest BCUT2D eigenvalue weighted by atomic mass is 35.5. The van der Waals surface area contributed by atoms with E-state index in [0.29, 0.717) is 6.04 Å². The van der Waals surface area contributed by atoms with Gasteiger partial charge in [0.25, 0.3) is 0 Å². The Hall–Kier alpha value is 0.210. The first-order chi connectivity index (χ1) is 3.70. The fourth-order valence-corrected chi connectivity index (χ4v) is 1.05. The van der Waals surface area contributed by atoms with Gasteiger partial charge in [-0.3, -0.25) is 0 Å². The Morgan fingerprint density at radius 2 is 2.00 bits per heavy atom. The summed E-state index contributed by atoms with van der Waals surface area (Å²) in [4.78, 5) is 2.19. The predicted octanol–water partition coefficient (Wildman–Crippen LogP) is 0.386. The van der Waals surface area contributed by atoms with Gasteiger partial charge < -0.3 is 4.90 Å². The normalized spacial score (nSPS) is 24.0. The Bertz CT molecular complexity index is 78.5. The van der Waals surface area contributed by atoms with Crippen LogP contribution < -0.4 is 0 Å². The van der Waals surface area contributed by atoms with Gasteiger partial charge in [-0.15, -0.1) is 0 Å². The first-order valence-corrected chi connectivity index (χ1v) is 3.11. The molecule has 0 radical (unpaired) electrons. The molecule has 0 N–H and O–H groups in total. The first-order valence-electron chi connectivity index (χ1n) is 2.77. The summed E-state index contributed by atoms with van der Waals surface area (Å²) >= 11 is 5.59. The van der Waals surface area contributed by atoms with Gasteiger partial charge in [0.15, 0.2) is 0 Å². The molecule has 1 aliphatic rings. The highest BCUT2D eigenvalue weighted by Gasteiger charge is 2.26. The molecule has 1 rings (SSSR count). The number of nitrogens with zero attached hydrogens (tertiary/aromatic N) is 2. The SMILES string of the molecule is CN(C)C1CN(Cl)C1. The van der Waals surface area contributed by atoms with Crippen molar-refractivity contribution in [2.24, 2.45) is 0 Å². The second-order valence-electron chi connectivity index (χ2n) is 2.45. The molecular formula is C5H11ClN2. The maximum absolute atomic E-state index is 5.59. The molecule has 0 aromatic carbocycles. The molecule has 0 aromatic rings. The van der Waals surface area contributed by atoms with Crippen molar-refractivity contribution < 1.29 is 0 Å². The quantitative estimate of drug-likeness (QED) is 0.479. The lowest BCUT2D eigenvalue weighted by Gasteiger charge is -2.37. The van der Waals surface area contributed by atoms with Gasteiger partial charge in [0.1, 0.15) is 0 Å². The minimum absolute atomic E-state index is 0.687. The third-order valence-corrected chi connectivity index (χ3v) is 1.82. The summed E-state index contributed by atoms with van der Waals surface area (Å²) in [6, 6.07) is 0.687. The molecule has 0 spiro atoms. The van der Waals surface area contributed by atoms with E-state index >= 15 is 0 Å². The fourth-order valence-electron chi connectivity index (χ4n) is 0.730. The van der Waals surface area contributed by atoms with Gasteiger partial charge in [0.05, 0.1) is 0 Å². The van der Waals surface area contributed by atoms with E-state index in [1.165, 1.54) is 0 Å². The molecule has 3 heteroatoms. The van der Waals surface area contributed by atoms with Crippen molar-refractivity contribution in [2.45, 2.75) is 6.04 Å². The van der Waals surface area contributed by atoms with E-state index in [9.17, 15) is 0 Å². The van der Waals surface area contributed by atoms with E-state index in [1.54, 1.807) is 4.42 Å². The molecule has 0 atom stereocenters. The van der Waals surface area contributed by atoms with Crippen LogP contribution in [0.1, 0.15) is 0 Å². The Morgan fingerprint density at radius 1 is 1.50 bits per heavy atom. The standard InChI is InChI=1S/C5H11ClN2/c1-7(2)5-3-8(6)4-5/h5H,3-4H2,1-2H3. The van der Waals surface area contributed by atoms with Crippen LogP contribution in [0, 0.1) is 0 Å². The monoisotopic (exact) mass is 134 g/mol. The molecule has 0 bridgehead atoms. The summed E-state index contributed by atoms with van der Waals surface area (Å²) in [5, 5.41) is 0. The van der Waals surface area contributed by atoms with Crippen LogP contribution in [-0.4, -0.2) is 42.5 Å². The number of rotatable bonds is 1. The van der Waals surface area contributed by atoms with E-state index in [1.807, 2.05) is 0 Å². The van der Waals surface area contributed by atoms with Gasteiger partial charge in [-0.1, -0.05) is 0 Å². The zero-order valence-corrected chi connectivity index (χ0v) is 6.02. The van der Waals surface area contributed by atoms with Crippen LogP contribution >= 0.6 is 11.8 Å². The molecule has 8 heavy (non-hydrogen) atoms. The van der Waals surface area contributed by atoms with Crippen molar-refractivity contribution in [3.8, 4) is 0 Å². The van der Waals surface area contributed by atoms with Gasteiger partial charge in [-0.05, 0) is 25.9 Å².